The van der Waals surface area contributed by atoms with Crippen molar-refractivity contribution in [1.82, 2.24) is 10.3 Å². The van der Waals surface area contributed by atoms with Crippen LogP contribution in [0.3, 0.4) is 0 Å². The van der Waals surface area contributed by atoms with Crippen molar-refractivity contribution in [2.24, 2.45) is 0 Å². The van der Waals surface area contributed by atoms with Gasteiger partial charge < -0.3 is 10.4 Å². The third kappa shape index (κ3) is 4.40. The maximum Gasteiger partial charge on any atom is 0.404 e. The maximum atomic E-state index is 14.3. The minimum absolute atomic E-state index is 0.0217. The summed E-state index contributed by atoms with van der Waals surface area (Å²) >= 11 is 4.16. The molecular weight excluding hydrogens is 471 g/mol. The lowest BCUT2D eigenvalue weighted by molar-refractivity contribution is 0.194. The minimum atomic E-state index is -3.95. The normalized spacial score (nSPS) is 11.4. The van der Waals surface area contributed by atoms with E-state index in [1.165, 1.54) is 30.3 Å². The molecule has 0 radical (unpaired) electrons. The number of carboxylic acid groups (broad SMARTS) is 1. The van der Waals surface area contributed by atoms with Gasteiger partial charge in [-0.25, -0.2) is 22.6 Å². The van der Waals surface area contributed by atoms with Gasteiger partial charge >= 0.3 is 6.09 Å². The van der Waals surface area contributed by atoms with Crippen LogP contribution in [0.4, 0.5) is 9.18 Å². The number of aromatic nitrogens is 1. The average molecular weight is 485 g/mol. The molecule has 0 aliphatic heterocycles. The van der Waals surface area contributed by atoms with Crippen LogP contribution >= 0.6 is 27.3 Å². The van der Waals surface area contributed by atoms with Gasteiger partial charge in [0.2, 0.25) is 9.84 Å². The molecule has 0 fully saturated rings. The van der Waals surface area contributed by atoms with Gasteiger partial charge in [-0.1, -0.05) is 34.1 Å². The van der Waals surface area contributed by atoms with Crippen LogP contribution in [0.1, 0.15) is 5.01 Å². The number of carbonyl (C=O) groups is 1. The SMILES string of the molecule is O=C(O)NCCc1nc(-c2ccccc2F)c(S(=O)(=O)c2cccc(Br)c2)s1. The Balaban J connectivity index is 2.11. The van der Waals surface area contributed by atoms with Crippen molar-refractivity contribution < 1.29 is 22.7 Å². The van der Waals surface area contributed by atoms with Crippen molar-refractivity contribution >= 4 is 43.2 Å². The quantitative estimate of drug-likeness (QED) is 0.541. The Hall–Kier alpha value is -2.30. The molecule has 3 rings (SSSR count). The van der Waals surface area contributed by atoms with E-state index >= 15 is 0 Å². The molecule has 1 amide bonds. The number of rotatable bonds is 6. The molecule has 0 atom stereocenters. The monoisotopic (exact) mass is 484 g/mol. The Labute approximate surface area is 173 Å². The highest BCUT2D eigenvalue weighted by Crippen LogP contribution is 2.37. The van der Waals surface area contributed by atoms with Gasteiger partial charge in [0, 0.05) is 23.0 Å². The summed E-state index contributed by atoms with van der Waals surface area (Å²) in [4.78, 5) is 15.0. The van der Waals surface area contributed by atoms with Crippen molar-refractivity contribution in [1.29, 1.82) is 0 Å². The summed E-state index contributed by atoms with van der Waals surface area (Å²) < 4.78 is 41.3. The first-order valence-corrected chi connectivity index (χ1v) is 11.1. The standard InChI is InChI=1S/C18H14BrFN2O4S2/c19-11-4-3-5-12(10-11)28(25,26)17-16(13-6-1-2-7-14(13)20)22-15(27-17)8-9-21-18(23)24/h1-7,10,21H,8-9H2,(H,23,24). The van der Waals surface area contributed by atoms with Crippen LogP contribution in [-0.2, 0) is 16.3 Å². The number of sulfone groups is 1. The van der Waals surface area contributed by atoms with Gasteiger partial charge in [-0.15, -0.1) is 11.3 Å². The smallest absolute Gasteiger partial charge is 0.404 e. The Kier molecular flexibility index (Phi) is 6.11. The van der Waals surface area contributed by atoms with Crippen LogP contribution in [0.25, 0.3) is 11.3 Å². The second-order valence-electron chi connectivity index (χ2n) is 5.67. The van der Waals surface area contributed by atoms with E-state index in [1.807, 2.05) is 0 Å². The van der Waals surface area contributed by atoms with Crippen LogP contribution in [0.5, 0.6) is 0 Å². The van der Waals surface area contributed by atoms with Crippen LogP contribution in [0.15, 0.2) is 62.1 Å². The summed E-state index contributed by atoms with van der Waals surface area (Å²) in [5, 5.41) is 11.3. The average Bonchev–Trinajstić information content (AvgIpc) is 3.06. The molecule has 1 aromatic heterocycles. The Morgan fingerprint density at radius 2 is 1.96 bits per heavy atom. The predicted octanol–water partition coefficient (Wildman–Crippen LogP) is 4.35. The van der Waals surface area contributed by atoms with E-state index in [1.54, 1.807) is 18.2 Å². The number of benzene rings is 2. The first kappa shape index (κ1) is 20.4. The van der Waals surface area contributed by atoms with E-state index in [0.29, 0.717) is 9.48 Å². The highest BCUT2D eigenvalue weighted by atomic mass is 79.9. The van der Waals surface area contributed by atoms with Gasteiger partial charge in [-0.3, -0.25) is 0 Å². The van der Waals surface area contributed by atoms with Crippen LogP contribution < -0.4 is 5.32 Å². The van der Waals surface area contributed by atoms with Gasteiger partial charge in [0.1, 0.15) is 11.5 Å². The number of halogens is 2. The third-order valence-corrected chi connectivity index (χ3v) is 7.60. The van der Waals surface area contributed by atoms with E-state index in [2.05, 4.69) is 26.2 Å². The highest BCUT2D eigenvalue weighted by molar-refractivity contribution is 9.10. The molecule has 0 spiro atoms. The predicted molar refractivity (Wildman–Crippen MR) is 107 cm³/mol. The summed E-state index contributed by atoms with van der Waals surface area (Å²) in [6.07, 6.45) is -1.00. The molecule has 1 heterocycles. The van der Waals surface area contributed by atoms with E-state index in [-0.39, 0.29) is 33.3 Å². The second kappa shape index (κ2) is 8.38. The fraction of sp³-hybridized carbons (Fsp3) is 0.111. The molecular formula is C18H14BrFN2O4S2. The number of hydrogen-bond donors (Lipinski definition) is 2. The molecule has 3 aromatic rings. The molecule has 6 nitrogen and oxygen atoms in total. The molecule has 0 aliphatic carbocycles. The van der Waals surface area contributed by atoms with Crippen molar-refractivity contribution in [3.63, 3.8) is 0 Å². The lowest BCUT2D eigenvalue weighted by Crippen LogP contribution is -2.23. The summed E-state index contributed by atoms with van der Waals surface area (Å²) in [7, 11) is -3.95. The molecule has 0 saturated carbocycles. The third-order valence-electron chi connectivity index (χ3n) is 3.73. The van der Waals surface area contributed by atoms with Crippen molar-refractivity contribution in [2.75, 3.05) is 6.54 Å². The summed E-state index contributed by atoms with van der Waals surface area (Å²) in [6, 6.07) is 12.0. The molecule has 0 bridgehead atoms. The summed E-state index contributed by atoms with van der Waals surface area (Å²) in [5.74, 6) is -0.589. The first-order valence-electron chi connectivity index (χ1n) is 8.01. The molecule has 0 unspecified atom stereocenters. The van der Waals surface area contributed by atoms with E-state index in [4.69, 9.17) is 5.11 Å². The fourth-order valence-electron chi connectivity index (χ4n) is 2.48. The zero-order chi connectivity index (χ0) is 20.3. The lowest BCUT2D eigenvalue weighted by atomic mass is 10.1. The topological polar surface area (TPSA) is 96.4 Å². The van der Waals surface area contributed by atoms with E-state index < -0.39 is 21.7 Å². The zero-order valence-electron chi connectivity index (χ0n) is 14.2. The molecule has 2 N–H and O–H groups in total. The maximum absolute atomic E-state index is 14.3. The number of thiazole rings is 1. The minimum Gasteiger partial charge on any atom is -0.465 e. The van der Waals surface area contributed by atoms with Crippen LogP contribution in [0, 0.1) is 5.82 Å². The number of nitrogens with one attached hydrogen (secondary N) is 1. The first-order chi connectivity index (χ1) is 13.3. The zero-order valence-corrected chi connectivity index (χ0v) is 17.4. The lowest BCUT2D eigenvalue weighted by Gasteiger charge is -2.06. The molecule has 0 aliphatic rings. The van der Waals surface area contributed by atoms with Gasteiger partial charge in [0.05, 0.1) is 9.90 Å². The van der Waals surface area contributed by atoms with Crippen molar-refractivity contribution in [3.8, 4) is 11.3 Å². The van der Waals surface area contributed by atoms with Crippen molar-refractivity contribution in [3.05, 3.63) is 63.8 Å². The van der Waals surface area contributed by atoms with Crippen LogP contribution in [0.2, 0.25) is 0 Å². The van der Waals surface area contributed by atoms with Gasteiger partial charge in [-0.05, 0) is 30.3 Å². The largest absolute Gasteiger partial charge is 0.465 e. The molecule has 2 aromatic carbocycles. The molecule has 28 heavy (non-hydrogen) atoms. The highest BCUT2D eigenvalue weighted by Gasteiger charge is 2.28. The number of hydrogen-bond acceptors (Lipinski definition) is 5. The van der Waals surface area contributed by atoms with Gasteiger partial charge in [0.25, 0.3) is 0 Å². The fourth-order valence-corrected chi connectivity index (χ4v) is 6.02. The second-order valence-corrected chi connectivity index (χ2v) is 9.81. The van der Waals surface area contributed by atoms with Crippen LogP contribution in [-0.4, -0.2) is 31.1 Å². The molecule has 0 saturated heterocycles. The Bertz CT molecular complexity index is 1130. The van der Waals surface area contributed by atoms with Gasteiger partial charge in [0.15, 0.2) is 4.21 Å². The van der Waals surface area contributed by atoms with Crippen molar-refractivity contribution in [2.45, 2.75) is 15.5 Å². The number of nitrogens with zero attached hydrogens (tertiary/aromatic N) is 1. The molecule has 10 heteroatoms. The van der Waals surface area contributed by atoms with E-state index in [9.17, 15) is 17.6 Å². The Morgan fingerprint density at radius 1 is 1.21 bits per heavy atom. The molecule has 146 valence electrons. The Morgan fingerprint density at radius 3 is 2.64 bits per heavy atom. The summed E-state index contributed by atoms with van der Waals surface area (Å²) in [6.45, 7) is 0.0654. The van der Waals surface area contributed by atoms with Gasteiger partial charge in [-0.2, -0.15) is 0 Å². The summed E-state index contributed by atoms with van der Waals surface area (Å²) in [5.41, 5.74) is 0.0955. The number of amides is 1. The van der Waals surface area contributed by atoms with E-state index in [0.717, 1.165) is 11.3 Å².